The summed E-state index contributed by atoms with van der Waals surface area (Å²) in [4.78, 5) is 7.33. The largest absolute Gasteiger partial charge is 0.379 e. The summed E-state index contributed by atoms with van der Waals surface area (Å²) in [6.07, 6.45) is 3.40. The highest BCUT2D eigenvalue weighted by molar-refractivity contribution is 5.48. The molecule has 0 unspecified atom stereocenters. The topological polar surface area (TPSA) is 84.3 Å². The van der Waals surface area contributed by atoms with Gasteiger partial charge in [0.05, 0.1) is 24.1 Å². The fraction of sp³-hybridized carbons (Fsp3) is 0.167. The third-order valence-corrected chi connectivity index (χ3v) is 2.72. The Kier molecular flexibility index (Phi) is 2.93. The van der Waals surface area contributed by atoms with Crippen molar-refractivity contribution in [1.29, 1.82) is 0 Å². The molecule has 1 aromatic carbocycles. The van der Waals surface area contributed by atoms with Gasteiger partial charge in [-0.15, -0.1) is 5.10 Å². The van der Waals surface area contributed by atoms with Gasteiger partial charge in [-0.25, -0.2) is 9.67 Å². The number of H-pyrrole nitrogens is 1. The van der Waals surface area contributed by atoms with Crippen LogP contribution in [0.15, 0.2) is 36.8 Å². The highest BCUT2D eigenvalue weighted by Crippen LogP contribution is 2.12. The van der Waals surface area contributed by atoms with Crippen LogP contribution in [0.3, 0.4) is 0 Å². The summed E-state index contributed by atoms with van der Waals surface area (Å²) < 4.78 is 1.61. The van der Waals surface area contributed by atoms with Gasteiger partial charge in [-0.3, -0.25) is 0 Å². The van der Waals surface area contributed by atoms with Crippen LogP contribution in [0.4, 0.5) is 5.69 Å². The minimum Gasteiger partial charge on any atom is -0.379 e. The number of aromatic nitrogens is 6. The first-order valence-electron chi connectivity index (χ1n) is 5.89. The van der Waals surface area contributed by atoms with Crippen LogP contribution < -0.4 is 5.32 Å². The molecule has 96 valence electrons. The van der Waals surface area contributed by atoms with Crippen LogP contribution in [-0.2, 0) is 6.54 Å². The van der Waals surface area contributed by atoms with Crippen LogP contribution >= 0.6 is 0 Å². The molecule has 0 bridgehead atoms. The minimum absolute atomic E-state index is 0.713. The second kappa shape index (κ2) is 4.89. The lowest BCUT2D eigenvalue weighted by Crippen LogP contribution is -2.00. The van der Waals surface area contributed by atoms with Crippen molar-refractivity contribution in [3.63, 3.8) is 0 Å². The molecule has 0 saturated carbocycles. The Hall–Kier alpha value is -2.70. The average Bonchev–Trinajstić information content (AvgIpc) is 3.08. The molecule has 3 aromatic rings. The molecule has 0 spiro atoms. The lowest BCUT2D eigenvalue weighted by molar-refractivity contribution is 0.789. The number of rotatable bonds is 4. The van der Waals surface area contributed by atoms with E-state index in [9.17, 15) is 0 Å². The van der Waals surface area contributed by atoms with Crippen LogP contribution in [-0.4, -0.2) is 30.2 Å². The molecule has 0 aliphatic carbocycles. The van der Waals surface area contributed by atoms with E-state index < -0.39 is 0 Å². The summed E-state index contributed by atoms with van der Waals surface area (Å²) in [5, 5.41) is 14.4. The molecule has 7 heteroatoms. The molecule has 7 nitrogen and oxygen atoms in total. The average molecular weight is 255 g/mol. The maximum Gasteiger partial charge on any atom is 0.143 e. The quantitative estimate of drug-likeness (QED) is 0.734. The maximum atomic E-state index is 4.16. The molecule has 0 amide bonds. The first-order chi connectivity index (χ1) is 9.31. The Bertz CT molecular complexity index is 639. The van der Waals surface area contributed by atoms with Gasteiger partial charge in [-0.2, -0.15) is 0 Å². The van der Waals surface area contributed by atoms with Crippen molar-refractivity contribution in [3.05, 3.63) is 48.3 Å². The van der Waals surface area contributed by atoms with Crippen molar-refractivity contribution < 1.29 is 0 Å². The predicted molar refractivity (Wildman–Crippen MR) is 69.8 cm³/mol. The van der Waals surface area contributed by atoms with Gasteiger partial charge in [-0.05, 0) is 41.6 Å². The van der Waals surface area contributed by atoms with Crippen molar-refractivity contribution in [2.24, 2.45) is 0 Å². The summed E-state index contributed by atoms with van der Waals surface area (Å²) in [7, 11) is 0. The highest BCUT2D eigenvalue weighted by atomic mass is 15.5. The molecule has 0 atom stereocenters. The molecule has 2 aromatic heterocycles. The van der Waals surface area contributed by atoms with Crippen LogP contribution in [0.5, 0.6) is 0 Å². The van der Waals surface area contributed by atoms with Crippen LogP contribution in [0.25, 0.3) is 5.69 Å². The molecule has 2 heterocycles. The molecule has 2 N–H and O–H groups in total. The number of anilines is 1. The number of imidazole rings is 1. The molecule has 3 rings (SSSR count). The minimum atomic E-state index is 0.713. The smallest absolute Gasteiger partial charge is 0.143 e. The Morgan fingerprint density at radius 1 is 1.26 bits per heavy atom. The van der Waals surface area contributed by atoms with E-state index in [0.29, 0.717) is 6.54 Å². The summed E-state index contributed by atoms with van der Waals surface area (Å²) in [5.74, 6) is 0.922. The molecule has 0 fully saturated rings. The van der Waals surface area contributed by atoms with E-state index in [1.807, 2.05) is 37.4 Å². The third kappa shape index (κ3) is 2.59. The molecular formula is C12H13N7. The van der Waals surface area contributed by atoms with Crippen LogP contribution in [0.2, 0.25) is 0 Å². The van der Waals surface area contributed by atoms with Crippen molar-refractivity contribution in [3.8, 4) is 5.69 Å². The fourth-order valence-electron chi connectivity index (χ4n) is 1.77. The zero-order chi connectivity index (χ0) is 13.1. The Balaban J connectivity index is 1.66. The zero-order valence-electron chi connectivity index (χ0n) is 10.4. The van der Waals surface area contributed by atoms with Gasteiger partial charge >= 0.3 is 0 Å². The highest BCUT2D eigenvalue weighted by Gasteiger charge is 1.99. The predicted octanol–water partition coefficient (Wildman–Crippen LogP) is 1.31. The summed E-state index contributed by atoms with van der Waals surface area (Å²) in [6, 6.07) is 7.88. The van der Waals surface area contributed by atoms with Crippen molar-refractivity contribution in [1.82, 2.24) is 30.2 Å². The summed E-state index contributed by atoms with van der Waals surface area (Å²) in [6.45, 7) is 2.65. The second-order valence-corrected chi connectivity index (χ2v) is 4.15. The number of aryl methyl sites for hydroxylation is 1. The van der Waals surface area contributed by atoms with E-state index in [0.717, 1.165) is 22.9 Å². The summed E-state index contributed by atoms with van der Waals surface area (Å²) in [5.41, 5.74) is 3.01. The van der Waals surface area contributed by atoms with Crippen molar-refractivity contribution in [2.45, 2.75) is 13.5 Å². The Morgan fingerprint density at radius 2 is 2.11 bits per heavy atom. The van der Waals surface area contributed by atoms with Gasteiger partial charge in [0.2, 0.25) is 0 Å². The summed E-state index contributed by atoms with van der Waals surface area (Å²) >= 11 is 0. The number of hydrogen-bond donors (Lipinski definition) is 2. The Morgan fingerprint density at radius 3 is 2.74 bits per heavy atom. The molecule has 0 radical (unpaired) electrons. The van der Waals surface area contributed by atoms with Gasteiger partial charge in [0.1, 0.15) is 12.2 Å². The van der Waals surface area contributed by atoms with Crippen LogP contribution in [0.1, 0.15) is 11.5 Å². The zero-order valence-corrected chi connectivity index (χ0v) is 10.4. The normalized spacial score (nSPS) is 10.6. The molecular weight excluding hydrogens is 242 g/mol. The molecule has 19 heavy (non-hydrogen) atoms. The standard InChI is InChI=1S/C12H13N7/c1-9-13-6-11(16-9)7-14-10-2-4-12(5-3-10)19-8-15-17-18-19/h2-6,8,14H,7H2,1H3,(H,13,16). The van der Waals surface area contributed by atoms with Gasteiger partial charge in [-0.1, -0.05) is 0 Å². The number of benzene rings is 1. The van der Waals surface area contributed by atoms with Crippen LogP contribution in [0, 0.1) is 6.92 Å². The van der Waals surface area contributed by atoms with E-state index >= 15 is 0 Å². The first-order valence-corrected chi connectivity index (χ1v) is 5.89. The number of tetrazole rings is 1. The fourth-order valence-corrected chi connectivity index (χ4v) is 1.77. The lowest BCUT2D eigenvalue weighted by Gasteiger charge is -2.05. The van der Waals surface area contributed by atoms with E-state index in [4.69, 9.17) is 0 Å². The van der Waals surface area contributed by atoms with E-state index in [1.54, 1.807) is 11.0 Å². The molecule has 0 aliphatic heterocycles. The second-order valence-electron chi connectivity index (χ2n) is 4.15. The number of nitrogens with one attached hydrogen (secondary N) is 2. The van der Waals surface area contributed by atoms with E-state index in [1.165, 1.54) is 0 Å². The SMILES string of the molecule is Cc1ncc(CNc2ccc(-n3cnnn3)cc2)[nH]1. The Labute approximate surface area is 109 Å². The van der Waals surface area contributed by atoms with Gasteiger partial charge in [0.25, 0.3) is 0 Å². The monoisotopic (exact) mass is 255 g/mol. The molecule has 0 aliphatic rings. The third-order valence-electron chi connectivity index (χ3n) is 2.72. The van der Waals surface area contributed by atoms with Crippen molar-refractivity contribution in [2.75, 3.05) is 5.32 Å². The molecule has 0 saturated heterocycles. The lowest BCUT2D eigenvalue weighted by atomic mass is 10.3. The number of aromatic amines is 1. The van der Waals surface area contributed by atoms with Gasteiger partial charge in [0, 0.05) is 5.69 Å². The maximum absolute atomic E-state index is 4.16. The van der Waals surface area contributed by atoms with Gasteiger partial charge in [0.15, 0.2) is 0 Å². The van der Waals surface area contributed by atoms with Gasteiger partial charge < -0.3 is 10.3 Å². The van der Waals surface area contributed by atoms with Crippen molar-refractivity contribution >= 4 is 5.69 Å². The van der Waals surface area contributed by atoms with E-state index in [-0.39, 0.29) is 0 Å². The van der Waals surface area contributed by atoms with E-state index in [2.05, 4.69) is 30.8 Å². The first kappa shape index (κ1) is 11.4. The number of hydrogen-bond acceptors (Lipinski definition) is 5. The number of nitrogens with zero attached hydrogens (tertiary/aromatic N) is 5.